The minimum Gasteiger partial charge on any atom is -0.478 e. The van der Waals surface area contributed by atoms with E-state index in [4.69, 9.17) is 16.1 Å². The van der Waals surface area contributed by atoms with Crippen LogP contribution in [0, 0.1) is 11.3 Å². The highest BCUT2D eigenvalue weighted by Gasteiger charge is 2.35. The van der Waals surface area contributed by atoms with Gasteiger partial charge in [-0.2, -0.15) is 18.4 Å². The molecule has 0 radical (unpaired) electrons. The van der Waals surface area contributed by atoms with Gasteiger partial charge in [0.05, 0.1) is 22.8 Å². The summed E-state index contributed by atoms with van der Waals surface area (Å²) >= 11 is 0. The van der Waals surface area contributed by atoms with Gasteiger partial charge in [0, 0.05) is 6.54 Å². The summed E-state index contributed by atoms with van der Waals surface area (Å²) in [5.41, 5.74) is 2.46. The number of hydrogen-bond donors (Lipinski definition) is 2. The molecule has 90 valence electrons. The van der Waals surface area contributed by atoms with E-state index >= 15 is 0 Å². The van der Waals surface area contributed by atoms with Crippen molar-refractivity contribution >= 4 is 5.97 Å². The first-order chi connectivity index (χ1) is 7.81. The van der Waals surface area contributed by atoms with Crippen LogP contribution >= 0.6 is 0 Å². The number of nitrogens with two attached hydrogens (primary N) is 1. The first kappa shape index (κ1) is 13.0. The van der Waals surface area contributed by atoms with Crippen molar-refractivity contribution in [1.82, 2.24) is 0 Å². The Hall–Kier alpha value is -2.07. The summed E-state index contributed by atoms with van der Waals surface area (Å²) in [7, 11) is 0. The van der Waals surface area contributed by atoms with Gasteiger partial charge in [-0.05, 0) is 17.7 Å². The largest absolute Gasteiger partial charge is 0.478 e. The molecule has 0 saturated heterocycles. The van der Waals surface area contributed by atoms with Crippen molar-refractivity contribution in [3.63, 3.8) is 0 Å². The van der Waals surface area contributed by atoms with E-state index in [2.05, 4.69) is 0 Å². The third kappa shape index (κ3) is 2.54. The predicted octanol–water partition coefficient (Wildman–Crippen LogP) is 1.73. The van der Waals surface area contributed by atoms with Crippen LogP contribution in [0.2, 0.25) is 0 Å². The lowest BCUT2D eigenvalue weighted by molar-refractivity contribution is -0.138. The molecule has 0 aliphatic carbocycles. The number of benzene rings is 1. The number of carboxylic acids is 1. The van der Waals surface area contributed by atoms with Gasteiger partial charge in [0.15, 0.2) is 0 Å². The van der Waals surface area contributed by atoms with E-state index in [0.717, 1.165) is 6.07 Å². The highest BCUT2D eigenvalue weighted by Crippen LogP contribution is 2.34. The lowest BCUT2D eigenvalue weighted by Gasteiger charge is -2.14. The lowest BCUT2D eigenvalue weighted by atomic mass is 9.97. The molecular weight excluding hydrogens is 237 g/mol. The lowest BCUT2D eigenvalue weighted by Crippen LogP contribution is -2.17. The molecule has 0 aromatic heterocycles. The molecular formula is C10H7F3N2O2. The molecule has 3 N–H and O–H groups in total. The van der Waals surface area contributed by atoms with Crippen LogP contribution in [0.15, 0.2) is 12.1 Å². The second-order valence-corrected chi connectivity index (χ2v) is 3.17. The average molecular weight is 244 g/mol. The topological polar surface area (TPSA) is 87.1 Å². The number of aromatic carboxylic acids is 1. The molecule has 0 aliphatic heterocycles. The number of rotatable bonds is 2. The maximum absolute atomic E-state index is 12.6. The average Bonchev–Trinajstić information content (AvgIpc) is 2.25. The van der Waals surface area contributed by atoms with E-state index in [9.17, 15) is 18.0 Å². The van der Waals surface area contributed by atoms with Gasteiger partial charge < -0.3 is 10.8 Å². The summed E-state index contributed by atoms with van der Waals surface area (Å²) in [6, 6.07) is 2.95. The Kier molecular flexibility index (Phi) is 3.39. The van der Waals surface area contributed by atoms with Crippen LogP contribution < -0.4 is 5.73 Å². The number of halogens is 3. The van der Waals surface area contributed by atoms with E-state index in [-0.39, 0.29) is 5.56 Å². The maximum Gasteiger partial charge on any atom is 0.416 e. The number of carboxylic acid groups (broad SMARTS) is 1. The van der Waals surface area contributed by atoms with Crippen LogP contribution in [-0.4, -0.2) is 11.1 Å². The van der Waals surface area contributed by atoms with Crippen LogP contribution in [0.25, 0.3) is 0 Å². The van der Waals surface area contributed by atoms with Crippen LogP contribution in [0.4, 0.5) is 13.2 Å². The van der Waals surface area contributed by atoms with Crippen molar-refractivity contribution < 1.29 is 23.1 Å². The van der Waals surface area contributed by atoms with E-state index in [1.807, 2.05) is 0 Å². The first-order valence-corrected chi connectivity index (χ1v) is 4.38. The van der Waals surface area contributed by atoms with E-state index in [1.165, 1.54) is 6.07 Å². The van der Waals surface area contributed by atoms with Gasteiger partial charge >= 0.3 is 12.1 Å². The summed E-state index contributed by atoms with van der Waals surface area (Å²) in [5.74, 6) is -1.55. The van der Waals surface area contributed by atoms with Crippen molar-refractivity contribution in [2.24, 2.45) is 5.73 Å². The van der Waals surface area contributed by atoms with Crippen LogP contribution in [0.3, 0.4) is 0 Å². The normalized spacial score (nSPS) is 11.0. The number of alkyl halides is 3. The minimum absolute atomic E-state index is 0.369. The van der Waals surface area contributed by atoms with Gasteiger partial charge in [-0.15, -0.1) is 0 Å². The fourth-order valence-corrected chi connectivity index (χ4v) is 1.40. The van der Waals surface area contributed by atoms with Gasteiger partial charge in [0.25, 0.3) is 0 Å². The van der Waals surface area contributed by atoms with Gasteiger partial charge in [0.1, 0.15) is 0 Å². The molecule has 0 spiro atoms. The number of hydrogen-bond acceptors (Lipinski definition) is 3. The second-order valence-electron chi connectivity index (χ2n) is 3.17. The monoisotopic (exact) mass is 244 g/mol. The third-order valence-corrected chi connectivity index (χ3v) is 2.12. The van der Waals surface area contributed by atoms with Crippen molar-refractivity contribution in [1.29, 1.82) is 5.26 Å². The molecule has 7 heteroatoms. The Morgan fingerprint density at radius 2 is 2.06 bits per heavy atom. The SMILES string of the molecule is N#Cc1cc(C(=O)O)c(CN)c(C(F)(F)F)c1. The highest BCUT2D eigenvalue weighted by molar-refractivity contribution is 5.90. The van der Waals surface area contributed by atoms with Crippen molar-refractivity contribution in [3.05, 3.63) is 34.4 Å². The van der Waals surface area contributed by atoms with Gasteiger partial charge in [-0.3, -0.25) is 0 Å². The highest BCUT2D eigenvalue weighted by atomic mass is 19.4. The van der Waals surface area contributed by atoms with Crippen molar-refractivity contribution in [3.8, 4) is 6.07 Å². The quantitative estimate of drug-likeness (QED) is 0.829. The summed E-state index contributed by atoms with van der Waals surface area (Å²) in [6.45, 7) is -0.567. The first-order valence-electron chi connectivity index (χ1n) is 4.38. The molecule has 0 atom stereocenters. The van der Waals surface area contributed by atoms with Crippen molar-refractivity contribution in [2.75, 3.05) is 0 Å². The smallest absolute Gasteiger partial charge is 0.416 e. The zero-order chi connectivity index (χ0) is 13.2. The molecule has 1 aromatic rings. The molecule has 17 heavy (non-hydrogen) atoms. The van der Waals surface area contributed by atoms with E-state index < -0.39 is 35.4 Å². The zero-order valence-corrected chi connectivity index (χ0v) is 8.38. The molecule has 0 saturated carbocycles. The number of nitrogens with zero attached hydrogens (tertiary/aromatic N) is 1. The molecule has 0 amide bonds. The maximum atomic E-state index is 12.6. The number of nitriles is 1. The second kappa shape index (κ2) is 4.43. The van der Waals surface area contributed by atoms with Crippen LogP contribution in [0.1, 0.15) is 27.0 Å². The summed E-state index contributed by atoms with van der Waals surface area (Å²) in [5, 5.41) is 17.3. The summed E-state index contributed by atoms with van der Waals surface area (Å²) in [4.78, 5) is 10.8. The minimum atomic E-state index is -4.74. The fourth-order valence-electron chi connectivity index (χ4n) is 1.40. The Balaban J connectivity index is 3.64. The Morgan fingerprint density at radius 1 is 1.47 bits per heavy atom. The Labute approximate surface area is 94.1 Å². The van der Waals surface area contributed by atoms with Crippen molar-refractivity contribution in [2.45, 2.75) is 12.7 Å². The molecule has 0 fully saturated rings. The number of carbonyl (C=O) groups is 1. The molecule has 4 nitrogen and oxygen atoms in total. The predicted molar refractivity (Wildman–Crippen MR) is 51.0 cm³/mol. The van der Waals surface area contributed by atoms with Gasteiger partial charge in [-0.25, -0.2) is 4.79 Å². The molecule has 0 unspecified atom stereocenters. The van der Waals surface area contributed by atoms with E-state index in [0.29, 0.717) is 6.07 Å². The van der Waals surface area contributed by atoms with Gasteiger partial charge in [-0.1, -0.05) is 0 Å². The van der Waals surface area contributed by atoms with Crippen LogP contribution in [0.5, 0.6) is 0 Å². The Morgan fingerprint density at radius 3 is 2.41 bits per heavy atom. The molecule has 0 bridgehead atoms. The van der Waals surface area contributed by atoms with Crippen LogP contribution in [-0.2, 0) is 12.7 Å². The van der Waals surface area contributed by atoms with Gasteiger partial charge in [0.2, 0.25) is 0 Å². The fraction of sp³-hybridized carbons (Fsp3) is 0.200. The zero-order valence-electron chi connectivity index (χ0n) is 8.38. The third-order valence-electron chi connectivity index (χ3n) is 2.12. The summed E-state index contributed by atoms with van der Waals surface area (Å²) in [6.07, 6.45) is -4.74. The Bertz CT molecular complexity index is 503. The van der Waals surface area contributed by atoms with E-state index in [1.54, 1.807) is 0 Å². The standard InChI is InChI=1S/C10H7F3N2O2/c11-10(12,13)8-2-5(3-14)1-6(9(16)17)7(8)4-15/h1-2H,4,15H2,(H,16,17). The molecule has 0 heterocycles. The molecule has 0 aliphatic rings. The molecule has 1 rings (SSSR count). The summed E-state index contributed by atoms with van der Waals surface area (Å²) < 4.78 is 37.9. The molecule has 1 aromatic carbocycles.